The van der Waals surface area contributed by atoms with Gasteiger partial charge in [-0.05, 0) is 44.0 Å². The summed E-state index contributed by atoms with van der Waals surface area (Å²) in [6.45, 7) is 2.10. The van der Waals surface area contributed by atoms with Gasteiger partial charge in [0.05, 0.1) is 5.69 Å². The van der Waals surface area contributed by atoms with E-state index < -0.39 is 0 Å². The number of nitrogens with zero attached hydrogens (tertiary/aromatic N) is 3. The third-order valence-electron chi connectivity index (χ3n) is 6.03. The lowest BCUT2D eigenvalue weighted by Gasteiger charge is -2.18. The van der Waals surface area contributed by atoms with E-state index in [-0.39, 0.29) is 18.1 Å². The maximum Gasteiger partial charge on any atom is 0.275 e. The molecule has 1 amide bonds. The van der Waals surface area contributed by atoms with Crippen LogP contribution in [0.3, 0.4) is 0 Å². The molecule has 1 aliphatic carbocycles. The zero-order chi connectivity index (χ0) is 23.5. The van der Waals surface area contributed by atoms with E-state index in [0.29, 0.717) is 33.6 Å². The van der Waals surface area contributed by atoms with Crippen molar-refractivity contribution in [2.45, 2.75) is 51.6 Å². The first-order valence-electron chi connectivity index (χ1n) is 11.6. The summed E-state index contributed by atoms with van der Waals surface area (Å²) in [5, 5.41) is 8.44. The Morgan fingerprint density at radius 3 is 2.76 bits per heavy atom. The Hall–Kier alpha value is -3.52. The molecular formula is C26H26N4O3S. The molecule has 34 heavy (non-hydrogen) atoms. The average Bonchev–Trinajstić information content (AvgIpc) is 3.29. The Morgan fingerprint density at radius 1 is 1.12 bits per heavy atom. The van der Waals surface area contributed by atoms with Crippen LogP contribution in [0.2, 0.25) is 0 Å². The van der Waals surface area contributed by atoms with Crippen molar-refractivity contribution < 1.29 is 9.53 Å². The van der Waals surface area contributed by atoms with Crippen molar-refractivity contribution in [2.75, 3.05) is 5.32 Å². The number of rotatable bonds is 6. The van der Waals surface area contributed by atoms with Crippen LogP contribution in [0.25, 0.3) is 4.96 Å². The Bertz CT molecular complexity index is 1390. The number of carbonyl (C=O) groups excluding carboxylic acids is 1. The summed E-state index contributed by atoms with van der Waals surface area (Å²) in [5.74, 6) is 0.827. The Kier molecular flexibility index (Phi) is 6.40. The van der Waals surface area contributed by atoms with E-state index >= 15 is 0 Å². The fourth-order valence-electron chi connectivity index (χ4n) is 4.27. The Labute approximate surface area is 201 Å². The molecule has 0 unspecified atom stereocenters. The van der Waals surface area contributed by atoms with Crippen LogP contribution in [0.4, 0.5) is 5.69 Å². The highest BCUT2D eigenvalue weighted by molar-refractivity contribution is 7.16. The molecule has 5 rings (SSSR count). The number of benzene rings is 2. The molecule has 2 aromatic carbocycles. The number of carbonyl (C=O) groups is 1. The van der Waals surface area contributed by atoms with Gasteiger partial charge in [0.1, 0.15) is 17.4 Å². The van der Waals surface area contributed by atoms with Crippen LogP contribution in [0.15, 0.2) is 59.4 Å². The minimum atomic E-state index is -0.193. The highest BCUT2D eigenvalue weighted by atomic mass is 32.1. The van der Waals surface area contributed by atoms with E-state index in [0.717, 1.165) is 23.4 Å². The van der Waals surface area contributed by atoms with Gasteiger partial charge in [-0.15, -0.1) is 0 Å². The summed E-state index contributed by atoms with van der Waals surface area (Å²) in [6, 6.07) is 16.1. The Morgan fingerprint density at radius 2 is 1.94 bits per heavy atom. The van der Waals surface area contributed by atoms with Crippen molar-refractivity contribution >= 4 is 27.9 Å². The van der Waals surface area contributed by atoms with Crippen molar-refractivity contribution in [3.05, 3.63) is 86.8 Å². The molecule has 0 aliphatic heterocycles. The molecule has 7 nitrogen and oxygen atoms in total. The van der Waals surface area contributed by atoms with Gasteiger partial charge >= 0.3 is 0 Å². The van der Waals surface area contributed by atoms with Crippen LogP contribution in [0, 0.1) is 6.92 Å². The molecule has 1 fully saturated rings. The van der Waals surface area contributed by atoms with Crippen LogP contribution in [-0.4, -0.2) is 20.5 Å². The van der Waals surface area contributed by atoms with Crippen LogP contribution < -0.4 is 15.6 Å². The highest BCUT2D eigenvalue weighted by Crippen LogP contribution is 2.34. The van der Waals surface area contributed by atoms with Gasteiger partial charge in [0, 0.05) is 29.3 Å². The second-order valence-corrected chi connectivity index (χ2v) is 9.68. The van der Waals surface area contributed by atoms with E-state index in [1.54, 1.807) is 18.2 Å². The molecule has 0 saturated heterocycles. The molecule has 0 bridgehead atoms. The molecule has 2 heterocycles. The molecule has 0 atom stereocenters. The van der Waals surface area contributed by atoms with Crippen molar-refractivity contribution in [1.82, 2.24) is 14.6 Å². The van der Waals surface area contributed by atoms with Crippen LogP contribution in [0.5, 0.6) is 5.75 Å². The predicted octanol–water partition coefficient (Wildman–Crippen LogP) is 5.34. The van der Waals surface area contributed by atoms with E-state index in [4.69, 9.17) is 4.74 Å². The zero-order valence-corrected chi connectivity index (χ0v) is 19.8. The summed E-state index contributed by atoms with van der Waals surface area (Å²) in [7, 11) is 0. The first-order chi connectivity index (χ1) is 16.5. The van der Waals surface area contributed by atoms with Gasteiger partial charge in [0.25, 0.3) is 11.5 Å². The molecule has 2 aromatic heterocycles. The van der Waals surface area contributed by atoms with Gasteiger partial charge in [-0.25, -0.2) is 4.98 Å². The van der Waals surface area contributed by atoms with Crippen molar-refractivity contribution in [1.29, 1.82) is 0 Å². The first kappa shape index (κ1) is 22.3. The average molecular weight is 475 g/mol. The number of hydrogen-bond donors (Lipinski definition) is 1. The standard InChI is InChI=1S/C26H26N4O3S/c1-17-7-5-10-19(13-17)24(32)27-20-11-6-12-22(14-20)33-16-21-15-23(31)30-26(28-21)34-25(29-30)18-8-3-2-4-9-18/h5-7,10-15,18H,2-4,8-9,16H2,1H3,(H,27,32). The zero-order valence-electron chi connectivity index (χ0n) is 19.0. The molecule has 174 valence electrons. The summed E-state index contributed by atoms with van der Waals surface area (Å²) >= 11 is 1.50. The summed E-state index contributed by atoms with van der Waals surface area (Å²) in [6.07, 6.45) is 5.96. The van der Waals surface area contributed by atoms with Gasteiger partial charge in [-0.3, -0.25) is 9.59 Å². The molecule has 8 heteroatoms. The molecule has 1 N–H and O–H groups in total. The minimum absolute atomic E-state index is 0.150. The van der Waals surface area contributed by atoms with Crippen molar-refractivity contribution in [3.8, 4) is 5.75 Å². The van der Waals surface area contributed by atoms with Gasteiger partial charge in [-0.2, -0.15) is 9.61 Å². The van der Waals surface area contributed by atoms with E-state index in [2.05, 4.69) is 15.4 Å². The van der Waals surface area contributed by atoms with Crippen molar-refractivity contribution in [3.63, 3.8) is 0 Å². The third kappa shape index (κ3) is 5.02. The lowest BCUT2D eigenvalue weighted by atomic mass is 9.90. The number of ether oxygens (including phenoxy) is 1. The summed E-state index contributed by atoms with van der Waals surface area (Å²) in [4.78, 5) is 30.3. The smallest absolute Gasteiger partial charge is 0.275 e. The predicted molar refractivity (Wildman–Crippen MR) is 133 cm³/mol. The normalized spacial score (nSPS) is 14.3. The number of anilines is 1. The number of nitrogens with one attached hydrogen (secondary N) is 1. The lowest BCUT2D eigenvalue weighted by Crippen LogP contribution is -2.17. The SMILES string of the molecule is Cc1cccc(C(=O)Nc2cccc(OCc3cc(=O)n4nc(C5CCCCC5)sc4n3)c2)c1. The molecule has 0 spiro atoms. The molecule has 0 radical (unpaired) electrons. The number of aromatic nitrogens is 3. The second kappa shape index (κ2) is 9.77. The molecule has 1 aliphatic rings. The van der Waals surface area contributed by atoms with Gasteiger partial charge in [0.15, 0.2) is 0 Å². The fraction of sp³-hybridized carbons (Fsp3) is 0.308. The monoisotopic (exact) mass is 474 g/mol. The van der Waals surface area contributed by atoms with Gasteiger partial charge in [0.2, 0.25) is 4.96 Å². The fourth-order valence-corrected chi connectivity index (χ4v) is 5.36. The van der Waals surface area contributed by atoms with E-state index in [9.17, 15) is 9.59 Å². The third-order valence-corrected chi connectivity index (χ3v) is 7.10. The molecule has 4 aromatic rings. The molecular weight excluding hydrogens is 448 g/mol. The van der Waals surface area contributed by atoms with Crippen LogP contribution >= 0.6 is 11.3 Å². The number of amides is 1. The minimum Gasteiger partial charge on any atom is -0.487 e. The Balaban J connectivity index is 1.27. The van der Waals surface area contributed by atoms with Crippen molar-refractivity contribution in [2.24, 2.45) is 0 Å². The number of aryl methyl sites for hydroxylation is 1. The maximum absolute atomic E-state index is 12.6. The first-order valence-corrected chi connectivity index (χ1v) is 12.4. The van der Waals surface area contributed by atoms with E-state index in [1.807, 2.05) is 37.3 Å². The lowest BCUT2D eigenvalue weighted by molar-refractivity contribution is 0.102. The largest absolute Gasteiger partial charge is 0.487 e. The number of fused-ring (bicyclic) bond motifs is 1. The van der Waals surface area contributed by atoms with Gasteiger partial charge < -0.3 is 10.1 Å². The highest BCUT2D eigenvalue weighted by Gasteiger charge is 2.20. The number of hydrogen-bond acceptors (Lipinski definition) is 6. The maximum atomic E-state index is 12.6. The molecule has 1 saturated carbocycles. The topological polar surface area (TPSA) is 85.6 Å². The van der Waals surface area contributed by atoms with Gasteiger partial charge in [-0.1, -0.05) is 54.4 Å². The second-order valence-electron chi connectivity index (χ2n) is 8.70. The summed E-state index contributed by atoms with van der Waals surface area (Å²) < 4.78 is 7.29. The van der Waals surface area contributed by atoms with Crippen LogP contribution in [0.1, 0.15) is 64.6 Å². The summed E-state index contributed by atoms with van der Waals surface area (Å²) in [5.41, 5.74) is 2.62. The van der Waals surface area contributed by atoms with Crippen LogP contribution in [-0.2, 0) is 6.61 Å². The quantitative estimate of drug-likeness (QED) is 0.408. The van der Waals surface area contributed by atoms with E-state index in [1.165, 1.54) is 41.2 Å².